The van der Waals surface area contributed by atoms with Crippen molar-refractivity contribution in [1.29, 1.82) is 0 Å². The van der Waals surface area contributed by atoms with Crippen LogP contribution < -0.4 is 10.1 Å². The molecular weight excluding hydrogens is 218 g/mol. The summed E-state index contributed by atoms with van der Waals surface area (Å²) >= 11 is 0. The summed E-state index contributed by atoms with van der Waals surface area (Å²) in [5.74, 6) is 1.42. The highest BCUT2D eigenvalue weighted by molar-refractivity contribution is 5.48. The Balaban J connectivity index is 2.86. The molecule has 0 radical (unpaired) electrons. The summed E-state index contributed by atoms with van der Waals surface area (Å²) in [7, 11) is 0. The van der Waals surface area contributed by atoms with E-state index in [1.807, 2.05) is 0 Å². The number of aromatic nitrogens is 2. The maximum atomic E-state index is 8.78. The molecule has 0 spiro atoms. The Hall–Kier alpha value is -1.36. The smallest absolute Gasteiger partial charge is 0.221 e. The Bertz CT molecular complexity index is 305. The van der Waals surface area contributed by atoms with E-state index in [2.05, 4.69) is 29.1 Å². The zero-order valence-electron chi connectivity index (χ0n) is 10.6. The number of nitrogens with one attached hydrogen (secondary N) is 1. The molecule has 0 unspecified atom stereocenters. The molecule has 0 atom stereocenters. The molecule has 1 aromatic rings. The minimum atomic E-state index is -0.00666. The third-order valence-corrected chi connectivity index (χ3v) is 2.28. The number of rotatable bonds is 8. The van der Waals surface area contributed by atoms with Gasteiger partial charge in [-0.15, -0.1) is 0 Å². The maximum absolute atomic E-state index is 8.78. The average molecular weight is 239 g/mol. The Morgan fingerprint density at radius 2 is 2.12 bits per heavy atom. The van der Waals surface area contributed by atoms with E-state index in [-0.39, 0.29) is 13.2 Å². The van der Waals surface area contributed by atoms with Crippen molar-refractivity contribution in [3.05, 3.63) is 11.9 Å². The molecule has 1 aromatic heterocycles. The number of aliphatic hydroxyl groups excluding tert-OH is 1. The molecule has 0 aromatic carbocycles. The first kappa shape index (κ1) is 13.7. The zero-order chi connectivity index (χ0) is 12.5. The van der Waals surface area contributed by atoms with E-state index in [4.69, 9.17) is 9.84 Å². The van der Waals surface area contributed by atoms with Crippen LogP contribution in [0.5, 0.6) is 5.88 Å². The van der Waals surface area contributed by atoms with Gasteiger partial charge >= 0.3 is 0 Å². The molecule has 0 amide bonds. The molecule has 0 saturated heterocycles. The summed E-state index contributed by atoms with van der Waals surface area (Å²) in [6, 6.07) is 0. The summed E-state index contributed by atoms with van der Waals surface area (Å²) in [6.07, 6.45) is 4.41. The third kappa shape index (κ3) is 4.19. The molecule has 0 saturated carbocycles. The van der Waals surface area contributed by atoms with Gasteiger partial charge in [-0.3, -0.25) is 0 Å². The fourth-order valence-corrected chi connectivity index (χ4v) is 1.53. The summed E-state index contributed by atoms with van der Waals surface area (Å²) in [5, 5.41) is 12.0. The topological polar surface area (TPSA) is 67.3 Å². The van der Waals surface area contributed by atoms with Gasteiger partial charge in [0.1, 0.15) is 18.8 Å². The van der Waals surface area contributed by atoms with Crippen molar-refractivity contribution in [2.75, 3.05) is 25.1 Å². The lowest BCUT2D eigenvalue weighted by Gasteiger charge is -2.13. The molecule has 0 aliphatic rings. The fraction of sp³-hybridized carbons (Fsp3) is 0.667. The number of ether oxygens (including phenoxy) is 1. The van der Waals surface area contributed by atoms with Crippen molar-refractivity contribution in [3.8, 4) is 5.88 Å². The maximum Gasteiger partial charge on any atom is 0.221 e. The second-order valence-electron chi connectivity index (χ2n) is 3.75. The van der Waals surface area contributed by atoms with Crippen LogP contribution in [0.2, 0.25) is 0 Å². The predicted octanol–water partition coefficient (Wildman–Crippen LogP) is 1.62. The van der Waals surface area contributed by atoms with Crippen LogP contribution >= 0.6 is 0 Å². The molecule has 0 bridgehead atoms. The number of aliphatic hydroxyl groups is 1. The highest BCUT2D eigenvalue weighted by atomic mass is 16.5. The Labute approximate surface area is 102 Å². The minimum Gasteiger partial charge on any atom is -0.475 e. The number of hydrogen-bond donors (Lipinski definition) is 2. The summed E-state index contributed by atoms with van der Waals surface area (Å²) in [4.78, 5) is 8.36. The van der Waals surface area contributed by atoms with Crippen LogP contribution in [0.3, 0.4) is 0 Å². The van der Waals surface area contributed by atoms with E-state index in [0.29, 0.717) is 5.88 Å². The third-order valence-electron chi connectivity index (χ3n) is 2.28. The molecule has 17 heavy (non-hydrogen) atoms. The first-order valence-electron chi connectivity index (χ1n) is 6.14. The molecule has 0 fully saturated rings. The van der Waals surface area contributed by atoms with E-state index in [1.54, 1.807) is 0 Å². The lowest BCUT2D eigenvalue weighted by atomic mass is 10.1. The van der Waals surface area contributed by atoms with Gasteiger partial charge in [0.2, 0.25) is 5.88 Å². The van der Waals surface area contributed by atoms with Crippen molar-refractivity contribution in [2.24, 2.45) is 0 Å². The monoisotopic (exact) mass is 239 g/mol. The van der Waals surface area contributed by atoms with Gasteiger partial charge in [0.05, 0.1) is 12.2 Å². The van der Waals surface area contributed by atoms with E-state index >= 15 is 0 Å². The van der Waals surface area contributed by atoms with Crippen molar-refractivity contribution >= 4 is 5.82 Å². The van der Waals surface area contributed by atoms with Crippen molar-refractivity contribution in [1.82, 2.24) is 9.97 Å². The highest BCUT2D eigenvalue weighted by Crippen LogP contribution is 2.23. The van der Waals surface area contributed by atoms with Gasteiger partial charge in [-0.05, 0) is 12.8 Å². The van der Waals surface area contributed by atoms with Crippen LogP contribution in [-0.4, -0.2) is 34.8 Å². The Morgan fingerprint density at radius 3 is 2.76 bits per heavy atom. The molecule has 5 heteroatoms. The molecule has 2 N–H and O–H groups in total. The van der Waals surface area contributed by atoms with Gasteiger partial charge in [0.15, 0.2) is 0 Å². The zero-order valence-corrected chi connectivity index (χ0v) is 10.6. The van der Waals surface area contributed by atoms with E-state index in [9.17, 15) is 0 Å². The van der Waals surface area contributed by atoms with Crippen molar-refractivity contribution in [2.45, 2.75) is 33.1 Å². The van der Waals surface area contributed by atoms with Gasteiger partial charge in [-0.1, -0.05) is 20.3 Å². The molecule has 1 heterocycles. The standard InChI is InChI=1S/C12H21N3O2/c1-3-5-10-11(13-6-4-2)14-9-15-12(10)17-8-7-16/h9,16H,3-8H2,1-2H3,(H,13,14,15). The lowest BCUT2D eigenvalue weighted by molar-refractivity contribution is 0.195. The summed E-state index contributed by atoms with van der Waals surface area (Å²) in [6.45, 7) is 5.35. The molecule has 0 aliphatic carbocycles. The summed E-state index contributed by atoms with van der Waals surface area (Å²) in [5.41, 5.74) is 0.997. The predicted molar refractivity (Wildman–Crippen MR) is 67.4 cm³/mol. The fourth-order valence-electron chi connectivity index (χ4n) is 1.53. The van der Waals surface area contributed by atoms with Gasteiger partial charge < -0.3 is 15.2 Å². The van der Waals surface area contributed by atoms with Gasteiger partial charge in [0.25, 0.3) is 0 Å². The largest absolute Gasteiger partial charge is 0.475 e. The van der Waals surface area contributed by atoms with Gasteiger partial charge in [-0.2, -0.15) is 0 Å². The van der Waals surface area contributed by atoms with Crippen molar-refractivity contribution < 1.29 is 9.84 Å². The lowest BCUT2D eigenvalue weighted by Crippen LogP contribution is -2.10. The van der Waals surface area contributed by atoms with E-state index in [1.165, 1.54) is 6.33 Å². The van der Waals surface area contributed by atoms with Crippen LogP contribution in [0.25, 0.3) is 0 Å². The molecule has 1 rings (SSSR count). The average Bonchev–Trinajstić information content (AvgIpc) is 2.36. The van der Waals surface area contributed by atoms with Crippen LogP contribution in [-0.2, 0) is 6.42 Å². The second kappa shape index (κ2) is 7.84. The van der Waals surface area contributed by atoms with E-state index < -0.39 is 0 Å². The molecular formula is C12H21N3O2. The molecule has 0 aliphatic heterocycles. The number of hydrogen-bond acceptors (Lipinski definition) is 5. The van der Waals surface area contributed by atoms with Crippen LogP contribution in [0.1, 0.15) is 32.3 Å². The SMILES string of the molecule is CCCNc1ncnc(OCCO)c1CCC. The Morgan fingerprint density at radius 1 is 1.29 bits per heavy atom. The highest BCUT2D eigenvalue weighted by Gasteiger charge is 2.11. The minimum absolute atomic E-state index is 0.00666. The van der Waals surface area contributed by atoms with Crippen LogP contribution in [0, 0.1) is 0 Å². The number of nitrogens with zero attached hydrogens (tertiary/aromatic N) is 2. The van der Waals surface area contributed by atoms with Gasteiger partial charge in [-0.25, -0.2) is 9.97 Å². The normalized spacial score (nSPS) is 10.3. The van der Waals surface area contributed by atoms with Crippen LogP contribution in [0.4, 0.5) is 5.82 Å². The second-order valence-corrected chi connectivity index (χ2v) is 3.75. The summed E-state index contributed by atoms with van der Waals surface area (Å²) < 4.78 is 5.42. The molecule has 5 nitrogen and oxygen atoms in total. The Kier molecular flexibility index (Phi) is 6.32. The molecule has 96 valence electrons. The first-order valence-corrected chi connectivity index (χ1v) is 6.14. The first-order chi connectivity index (χ1) is 8.33. The van der Waals surface area contributed by atoms with Gasteiger partial charge in [0, 0.05) is 6.54 Å². The van der Waals surface area contributed by atoms with Crippen LogP contribution in [0.15, 0.2) is 6.33 Å². The number of anilines is 1. The quantitative estimate of drug-likeness (QED) is 0.721. The van der Waals surface area contributed by atoms with E-state index in [0.717, 1.165) is 37.2 Å². The van der Waals surface area contributed by atoms with Crippen molar-refractivity contribution in [3.63, 3.8) is 0 Å².